The number of benzene rings is 2. The fraction of sp³-hybridized carbons (Fsp3) is 0.150. The van der Waals surface area contributed by atoms with Crippen molar-refractivity contribution in [1.82, 2.24) is 9.13 Å². The van der Waals surface area contributed by atoms with Gasteiger partial charge in [0.1, 0.15) is 6.54 Å². The fourth-order valence-corrected chi connectivity index (χ4v) is 2.85. The Labute approximate surface area is 164 Å². The van der Waals surface area contributed by atoms with E-state index < -0.39 is 17.2 Å². The van der Waals surface area contributed by atoms with Crippen LogP contribution in [0.5, 0.6) is 0 Å². The number of nitrogens with zero attached hydrogens (tertiary/aromatic N) is 2. The second-order valence-electron chi connectivity index (χ2n) is 6.19. The molecule has 138 valence electrons. The number of aromatic nitrogens is 2. The van der Waals surface area contributed by atoms with Crippen molar-refractivity contribution in [2.45, 2.75) is 20.0 Å². The summed E-state index contributed by atoms with van der Waals surface area (Å²) < 4.78 is 3.24. The Morgan fingerprint density at radius 2 is 1.67 bits per heavy atom. The van der Waals surface area contributed by atoms with Gasteiger partial charge in [0, 0.05) is 22.4 Å². The third-order valence-electron chi connectivity index (χ3n) is 4.04. The van der Waals surface area contributed by atoms with Gasteiger partial charge in [-0.2, -0.15) is 0 Å². The maximum absolute atomic E-state index is 12.6. The normalized spacial score (nSPS) is 10.6. The van der Waals surface area contributed by atoms with Gasteiger partial charge in [-0.05, 0) is 36.8 Å². The minimum atomic E-state index is -0.519. The lowest BCUT2D eigenvalue weighted by molar-refractivity contribution is -0.116. The molecule has 0 saturated heterocycles. The highest BCUT2D eigenvalue weighted by molar-refractivity contribution is 9.10. The molecular formula is C20H18BrN3O3. The highest BCUT2D eigenvalue weighted by Crippen LogP contribution is 2.13. The number of hydrogen-bond acceptors (Lipinski definition) is 3. The molecule has 1 heterocycles. The highest BCUT2D eigenvalue weighted by atomic mass is 79.9. The van der Waals surface area contributed by atoms with Crippen LogP contribution in [-0.4, -0.2) is 15.0 Å². The molecule has 0 spiro atoms. The van der Waals surface area contributed by atoms with Crippen LogP contribution in [0.2, 0.25) is 0 Å². The van der Waals surface area contributed by atoms with E-state index in [1.54, 1.807) is 24.3 Å². The number of halogens is 1. The molecule has 3 rings (SSSR count). The second-order valence-corrected chi connectivity index (χ2v) is 7.11. The summed E-state index contributed by atoms with van der Waals surface area (Å²) >= 11 is 3.32. The van der Waals surface area contributed by atoms with Crippen molar-refractivity contribution < 1.29 is 4.79 Å². The van der Waals surface area contributed by atoms with Crippen LogP contribution in [0, 0.1) is 6.92 Å². The largest absolute Gasteiger partial charge is 0.331 e. The maximum Gasteiger partial charge on any atom is 0.331 e. The van der Waals surface area contributed by atoms with Gasteiger partial charge >= 0.3 is 5.69 Å². The monoisotopic (exact) mass is 427 g/mol. The molecule has 0 saturated carbocycles. The predicted octanol–water partition coefficient (Wildman–Crippen LogP) is 2.77. The molecule has 0 fully saturated rings. The van der Waals surface area contributed by atoms with E-state index in [1.807, 2.05) is 31.2 Å². The van der Waals surface area contributed by atoms with Crippen molar-refractivity contribution in [2.24, 2.45) is 0 Å². The summed E-state index contributed by atoms with van der Waals surface area (Å²) in [5, 5.41) is 2.68. The smallest absolute Gasteiger partial charge is 0.325 e. The van der Waals surface area contributed by atoms with E-state index in [2.05, 4.69) is 21.2 Å². The molecular weight excluding hydrogens is 410 g/mol. The number of carbonyl (C=O) groups is 1. The van der Waals surface area contributed by atoms with Crippen molar-refractivity contribution in [3.05, 3.63) is 97.2 Å². The van der Waals surface area contributed by atoms with Crippen LogP contribution >= 0.6 is 15.9 Å². The summed E-state index contributed by atoms with van der Waals surface area (Å²) in [6.45, 7) is 1.97. The Morgan fingerprint density at radius 1 is 1.00 bits per heavy atom. The van der Waals surface area contributed by atoms with Crippen molar-refractivity contribution in [3.8, 4) is 0 Å². The van der Waals surface area contributed by atoms with Crippen molar-refractivity contribution in [3.63, 3.8) is 0 Å². The minimum Gasteiger partial charge on any atom is -0.325 e. The van der Waals surface area contributed by atoms with Gasteiger partial charge in [0.25, 0.3) is 5.56 Å². The number of aryl methyl sites for hydroxylation is 1. The minimum absolute atomic E-state index is 0.327. The number of nitrogens with one attached hydrogen (secondary N) is 1. The number of carbonyl (C=O) groups excluding carboxylic acids is 1. The molecule has 0 bridgehead atoms. The van der Waals surface area contributed by atoms with Gasteiger partial charge in [0.2, 0.25) is 5.91 Å². The van der Waals surface area contributed by atoms with Crippen LogP contribution in [0.4, 0.5) is 5.69 Å². The molecule has 0 aliphatic rings. The highest BCUT2D eigenvalue weighted by Gasteiger charge is 2.11. The Balaban J connectivity index is 1.79. The molecule has 7 heteroatoms. The lowest BCUT2D eigenvalue weighted by atomic mass is 10.1. The first-order chi connectivity index (χ1) is 12.9. The van der Waals surface area contributed by atoms with Crippen LogP contribution in [0.1, 0.15) is 11.1 Å². The molecule has 2 aromatic carbocycles. The van der Waals surface area contributed by atoms with Gasteiger partial charge < -0.3 is 5.32 Å². The summed E-state index contributed by atoms with van der Waals surface area (Å²) in [6, 6.07) is 16.1. The summed E-state index contributed by atoms with van der Waals surface area (Å²) in [5.74, 6) is -0.440. The van der Waals surface area contributed by atoms with Crippen LogP contribution < -0.4 is 16.6 Å². The average Bonchev–Trinajstić information content (AvgIpc) is 2.65. The lowest BCUT2D eigenvalue weighted by Gasteiger charge is -2.11. The van der Waals surface area contributed by atoms with Gasteiger partial charge in [0.05, 0.1) is 6.54 Å². The van der Waals surface area contributed by atoms with Gasteiger partial charge in [0.15, 0.2) is 0 Å². The van der Waals surface area contributed by atoms with E-state index in [0.29, 0.717) is 12.2 Å². The second kappa shape index (κ2) is 8.18. The maximum atomic E-state index is 12.6. The molecule has 1 aromatic heterocycles. The zero-order valence-corrected chi connectivity index (χ0v) is 16.3. The van der Waals surface area contributed by atoms with Gasteiger partial charge in [-0.25, -0.2) is 4.79 Å². The third-order valence-corrected chi connectivity index (χ3v) is 4.57. The standard InChI is InChI=1S/C20H18BrN3O3/c1-14-2-4-15(5-3-14)12-23-11-10-19(26)24(20(23)27)13-18(25)22-17-8-6-16(21)7-9-17/h2-11H,12-13H2,1H3,(H,22,25). The summed E-state index contributed by atoms with van der Waals surface area (Å²) in [6.07, 6.45) is 1.45. The molecule has 0 atom stereocenters. The van der Waals surface area contributed by atoms with E-state index in [0.717, 1.165) is 20.2 Å². The molecule has 6 nitrogen and oxygen atoms in total. The Morgan fingerprint density at radius 3 is 2.33 bits per heavy atom. The van der Waals surface area contributed by atoms with Crippen LogP contribution in [-0.2, 0) is 17.9 Å². The zero-order valence-electron chi connectivity index (χ0n) is 14.7. The molecule has 3 aromatic rings. The molecule has 1 N–H and O–H groups in total. The van der Waals surface area contributed by atoms with E-state index in [1.165, 1.54) is 16.8 Å². The Hall–Kier alpha value is -2.93. The van der Waals surface area contributed by atoms with Crippen molar-refractivity contribution >= 4 is 27.5 Å². The SMILES string of the molecule is Cc1ccc(Cn2ccc(=O)n(CC(=O)Nc3ccc(Br)cc3)c2=O)cc1. The summed E-state index contributed by atoms with van der Waals surface area (Å²) in [7, 11) is 0. The van der Waals surface area contributed by atoms with Crippen LogP contribution in [0.25, 0.3) is 0 Å². The molecule has 27 heavy (non-hydrogen) atoms. The molecule has 1 amide bonds. The molecule has 0 radical (unpaired) electrons. The molecule has 0 unspecified atom stereocenters. The Kier molecular flexibility index (Phi) is 5.71. The topological polar surface area (TPSA) is 73.1 Å². The number of amides is 1. The number of anilines is 1. The Bertz CT molecular complexity index is 1070. The number of hydrogen-bond donors (Lipinski definition) is 1. The van der Waals surface area contributed by atoms with E-state index in [-0.39, 0.29) is 6.54 Å². The lowest BCUT2D eigenvalue weighted by Crippen LogP contribution is -2.41. The first kappa shape index (κ1) is 18.8. The van der Waals surface area contributed by atoms with E-state index >= 15 is 0 Å². The summed E-state index contributed by atoms with van der Waals surface area (Å²) in [5.41, 5.74) is 1.63. The zero-order chi connectivity index (χ0) is 19.4. The van der Waals surface area contributed by atoms with Gasteiger partial charge in [-0.3, -0.25) is 18.7 Å². The van der Waals surface area contributed by atoms with Crippen LogP contribution in [0.3, 0.4) is 0 Å². The predicted molar refractivity (Wildman–Crippen MR) is 108 cm³/mol. The van der Waals surface area contributed by atoms with Crippen molar-refractivity contribution in [1.29, 1.82) is 0 Å². The van der Waals surface area contributed by atoms with Crippen molar-refractivity contribution in [2.75, 3.05) is 5.32 Å². The molecule has 0 aliphatic carbocycles. The first-order valence-corrected chi connectivity index (χ1v) is 9.13. The third kappa shape index (κ3) is 4.83. The fourth-order valence-electron chi connectivity index (χ4n) is 2.59. The van der Waals surface area contributed by atoms with Gasteiger partial charge in [-0.1, -0.05) is 45.8 Å². The average molecular weight is 428 g/mol. The first-order valence-electron chi connectivity index (χ1n) is 8.33. The number of rotatable bonds is 5. The molecule has 0 aliphatic heterocycles. The quantitative estimate of drug-likeness (QED) is 0.680. The van der Waals surface area contributed by atoms with Crippen LogP contribution in [0.15, 0.2) is 74.9 Å². The van der Waals surface area contributed by atoms with E-state index in [4.69, 9.17) is 0 Å². The summed E-state index contributed by atoms with van der Waals surface area (Å²) in [4.78, 5) is 37.0. The van der Waals surface area contributed by atoms with Gasteiger partial charge in [-0.15, -0.1) is 0 Å². The van der Waals surface area contributed by atoms with E-state index in [9.17, 15) is 14.4 Å².